The molecule has 1 amide bonds. The van der Waals surface area contributed by atoms with E-state index in [0.717, 1.165) is 18.2 Å². The van der Waals surface area contributed by atoms with Gasteiger partial charge in [-0.15, -0.1) is 0 Å². The molecule has 1 aliphatic carbocycles. The Morgan fingerprint density at radius 3 is 2.49 bits per heavy atom. The number of nitrogens with one attached hydrogen (secondary N) is 2. The zero-order valence-electron chi connectivity index (χ0n) is 19.1. The van der Waals surface area contributed by atoms with Crippen LogP contribution in [0.3, 0.4) is 0 Å². The van der Waals surface area contributed by atoms with E-state index in [4.69, 9.17) is 4.74 Å². The first-order valence-corrected chi connectivity index (χ1v) is 12.6. The summed E-state index contributed by atoms with van der Waals surface area (Å²) >= 11 is 0. The van der Waals surface area contributed by atoms with E-state index in [1.807, 2.05) is 18.2 Å². The van der Waals surface area contributed by atoms with Gasteiger partial charge in [-0.1, -0.05) is 18.2 Å². The molecule has 0 radical (unpaired) electrons. The van der Waals surface area contributed by atoms with E-state index in [0.29, 0.717) is 29.3 Å². The smallest absolute Gasteiger partial charge is 0.273 e. The topological polar surface area (TPSA) is 128 Å². The maximum absolute atomic E-state index is 12.7. The molecule has 0 spiro atoms. The normalized spacial score (nSPS) is 13.3. The molecule has 3 aromatic rings. The largest absolute Gasteiger partial charge is 0.376 e. The number of nitrogens with zero attached hydrogens (tertiary/aromatic N) is 1. The average molecular weight is 496 g/mol. The number of nitro benzene ring substituents is 1. The maximum Gasteiger partial charge on any atom is 0.273 e. The third-order valence-corrected chi connectivity index (χ3v) is 6.97. The van der Waals surface area contributed by atoms with Crippen molar-refractivity contribution in [1.82, 2.24) is 0 Å². The minimum absolute atomic E-state index is 0.222. The van der Waals surface area contributed by atoms with Crippen LogP contribution in [0.25, 0.3) is 0 Å². The molecule has 0 heterocycles. The Hall–Kier alpha value is -3.76. The van der Waals surface area contributed by atoms with Crippen LogP contribution in [-0.2, 0) is 21.4 Å². The van der Waals surface area contributed by atoms with Crippen LogP contribution in [0.4, 0.5) is 17.1 Å². The van der Waals surface area contributed by atoms with Crippen molar-refractivity contribution in [3.8, 4) is 0 Å². The molecule has 0 saturated heterocycles. The molecular weight excluding hydrogens is 470 g/mol. The van der Waals surface area contributed by atoms with Crippen LogP contribution in [-0.4, -0.2) is 25.9 Å². The molecule has 1 saturated carbocycles. The summed E-state index contributed by atoms with van der Waals surface area (Å²) in [5, 5.41) is 14.0. The molecule has 0 atom stereocenters. The lowest BCUT2D eigenvalue weighted by atomic mass is 10.1. The van der Waals surface area contributed by atoms with Gasteiger partial charge < -0.3 is 10.1 Å². The molecule has 9 nitrogen and oxygen atoms in total. The van der Waals surface area contributed by atoms with Gasteiger partial charge in [0.25, 0.3) is 21.6 Å². The monoisotopic (exact) mass is 495 g/mol. The second-order valence-electron chi connectivity index (χ2n) is 8.50. The molecule has 0 bridgehead atoms. The van der Waals surface area contributed by atoms with Crippen LogP contribution in [0.2, 0.25) is 0 Å². The molecule has 0 aliphatic heterocycles. The van der Waals surface area contributed by atoms with E-state index in [1.165, 1.54) is 56.2 Å². The molecule has 0 unspecified atom stereocenters. The van der Waals surface area contributed by atoms with E-state index in [2.05, 4.69) is 10.0 Å². The van der Waals surface area contributed by atoms with Crippen LogP contribution >= 0.6 is 0 Å². The minimum atomic E-state index is -4.05. The molecular formula is C25H25N3O6S. The summed E-state index contributed by atoms with van der Waals surface area (Å²) in [5.41, 5.74) is 2.24. The Bertz CT molecular complexity index is 1350. The highest BCUT2D eigenvalue weighted by Gasteiger charge is 2.21. The van der Waals surface area contributed by atoms with Gasteiger partial charge in [-0.25, -0.2) is 8.42 Å². The fourth-order valence-corrected chi connectivity index (χ4v) is 4.51. The number of hydrogen-bond donors (Lipinski definition) is 2. The minimum Gasteiger partial charge on any atom is -0.376 e. The van der Waals surface area contributed by atoms with Crippen molar-refractivity contribution < 1.29 is 22.9 Å². The summed E-state index contributed by atoms with van der Waals surface area (Å²) in [6.45, 7) is 2.78. The predicted molar refractivity (Wildman–Crippen MR) is 132 cm³/mol. The number of nitro groups is 1. The van der Waals surface area contributed by atoms with Crippen molar-refractivity contribution in [2.45, 2.75) is 31.3 Å². The maximum atomic E-state index is 12.7. The van der Waals surface area contributed by atoms with Crippen LogP contribution in [0, 0.1) is 23.0 Å². The molecule has 2 N–H and O–H groups in total. The fourth-order valence-electron chi connectivity index (χ4n) is 3.43. The number of sulfonamides is 1. The zero-order valence-corrected chi connectivity index (χ0v) is 19.9. The highest BCUT2D eigenvalue weighted by molar-refractivity contribution is 7.92. The summed E-state index contributed by atoms with van der Waals surface area (Å²) in [6.07, 6.45) is 2.45. The van der Waals surface area contributed by atoms with Gasteiger partial charge >= 0.3 is 0 Å². The van der Waals surface area contributed by atoms with Gasteiger partial charge in [0.15, 0.2) is 0 Å². The molecule has 3 aromatic carbocycles. The third-order valence-electron chi connectivity index (χ3n) is 5.59. The van der Waals surface area contributed by atoms with Crippen LogP contribution in [0.5, 0.6) is 0 Å². The Morgan fingerprint density at radius 1 is 1.06 bits per heavy atom. The number of benzene rings is 3. The first kappa shape index (κ1) is 24.4. The Kier molecular flexibility index (Phi) is 7.13. The van der Waals surface area contributed by atoms with Gasteiger partial charge in [-0.3, -0.25) is 19.6 Å². The molecule has 1 aliphatic rings. The number of amides is 1. The lowest BCUT2D eigenvalue weighted by molar-refractivity contribution is -0.385. The second kappa shape index (κ2) is 10.2. The standard InChI is InChI=1S/C25H25N3O6S/c1-17-5-12-23(14-24(17)28(30)31)35(32,33)27-21-10-8-20(9-11-21)25(29)26-22-4-2-3-19(13-22)16-34-15-18-6-7-18/h2-5,8-14,18,27H,6-7,15-16H2,1H3,(H,26,29). The van der Waals surface area contributed by atoms with E-state index in [1.54, 1.807) is 6.07 Å². The van der Waals surface area contributed by atoms with Crippen LogP contribution in [0.15, 0.2) is 71.6 Å². The van der Waals surface area contributed by atoms with Gasteiger partial charge in [0.05, 0.1) is 16.4 Å². The van der Waals surface area contributed by atoms with Crippen molar-refractivity contribution >= 4 is 33.0 Å². The van der Waals surface area contributed by atoms with E-state index >= 15 is 0 Å². The molecule has 0 aromatic heterocycles. The quantitative estimate of drug-likeness (QED) is 0.305. The van der Waals surface area contributed by atoms with Gasteiger partial charge in [0, 0.05) is 35.2 Å². The van der Waals surface area contributed by atoms with Crippen molar-refractivity contribution in [3.05, 3.63) is 93.5 Å². The van der Waals surface area contributed by atoms with Gasteiger partial charge in [0.1, 0.15) is 0 Å². The lowest BCUT2D eigenvalue weighted by Crippen LogP contribution is -2.14. The number of rotatable bonds is 10. The lowest BCUT2D eigenvalue weighted by Gasteiger charge is -2.10. The highest BCUT2D eigenvalue weighted by Crippen LogP contribution is 2.29. The highest BCUT2D eigenvalue weighted by atomic mass is 32.2. The fraction of sp³-hybridized carbons (Fsp3) is 0.240. The summed E-state index contributed by atoms with van der Waals surface area (Å²) in [7, 11) is -4.05. The Labute approximate surface area is 203 Å². The number of aryl methyl sites for hydroxylation is 1. The van der Waals surface area contributed by atoms with Gasteiger partial charge in [-0.2, -0.15) is 0 Å². The zero-order chi connectivity index (χ0) is 25.0. The molecule has 1 fully saturated rings. The Morgan fingerprint density at radius 2 is 1.80 bits per heavy atom. The number of hydrogen-bond acceptors (Lipinski definition) is 6. The van der Waals surface area contributed by atoms with E-state index in [-0.39, 0.29) is 22.2 Å². The predicted octanol–water partition coefficient (Wildman–Crippen LogP) is 4.88. The van der Waals surface area contributed by atoms with Crippen molar-refractivity contribution in [3.63, 3.8) is 0 Å². The summed E-state index contributed by atoms with van der Waals surface area (Å²) in [6, 6.07) is 17.0. The van der Waals surface area contributed by atoms with Gasteiger partial charge in [0.2, 0.25) is 0 Å². The number of ether oxygens (including phenoxy) is 1. The first-order chi connectivity index (χ1) is 16.7. The summed E-state index contributed by atoms with van der Waals surface area (Å²) < 4.78 is 33.4. The van der Waals surface area contributed by atoms with E-state index in [9.17, 15) is 23.3 Å². The Balaban J connectivity index is 1.39. The van der Waals surface area contributed by atoms with Crippen molar-refractivity contribution in [2.24, 2.45) is 5.92 Å². The van der Waals surface area contributed by atoms with E-state index < -0.39 is 14.9 Å². The first-order valence-electron chi connectivity index (χ1n) is 11.1. The van der Waals surface area contributed by atoms with Crippen molar-refractivity contribution in [2.75, 3.05) is 16.6 Å². The second-order valence-corrected chi connectivity index (χ2v) is 10.2. The molecule has 4 rings (SSSR count). The van der Waals surface area contributed by atoms with Crippen molar-refractivity contribution in [1.29, 1.82) is 0 Å². The number of carbonyl (C=O) groups excluding carboxylic acids is 1. The van der Waals surface area contributed by atoms with Crippen LogP contribution < -0.4 is 10.0 Å². The third kappa shape index (κ3) is 6.43. The number of carbonyl (C=O) groups is 1. The summed E-state index contributed by atoms with van der Waals surface area (Å²) in [4.78, 5) is 22.9. The number of anilines is 2. The molecule has 182 valence electrons. The van der Waals surface area contributed by atoms with Gasteiger partial charge in [-0.05, 0) is 73.7 Å². The SMILES string of the molecule is Cc1ccc(S(=O)(=O)Nc2ccc(C(=O)Nc3cccc(COCC4CC4)c3)cc2)cc1[N+](=O)[O-]. The van der Waals surface area contributed by atoms with Crippen LogP contribution in [0.1, 0.15) is 34.3 Å². The molecule has 35 heavy (non-hydrogen) atoms. The molecule has 10 heteroatoms. The summed E-state index contributed by atoms with van der Waals surface area (Å²) in [5.74, 6) is 0.338. The average Bonchev–Trinajstić information content (AvgIpc) is 3.64.